The van der Waals surface area contributed by atoms with Crippen LogP contribution in [0.2, 0.25) is 0 Å². The van der Waals surface area contributed by atoms with E-state index in [0.717, 1.165) is 54.5 Å². The normalized spacial score (nSPS) is 13.4. The zero-order chi connectivity index (χ0) is 26.7. The lowest BCUT2D eigenvalue weighted by Gasteiger charge is -2.15. The summed E-state index contributed by atoms with van der Waals surface area (Å²) in [4.78, 5) is 3.60. The zero-order valence-corrected chi connectivity index (χ0v) is 26.6. The Hall–Kier alpha value is -1.46. The maximum absolute atomic E-state index is 6.39. The summed E-state index contributed by atoms with van der Waals surface area (Å²) in [5.41, 5.74) is 3.86. The molecule has 0 saturated heterocycles. The molecule has 3 heterocycles. The molecule has 0 fully saturated rings. The molecule has 0 amide bonds. The van der Waals surface area contributed by atoms with Crippen LogP contribution < -0.4 is 0 Å². The highest BCUT2D eigenvalue weighted by Gasteiger charge is 2.37. The molecule has 0 unspecified atom stereocenters. The van der Waals surface area contributed by atoms with E-state index < -0.39 is 0 Å². The van der Waals surface area contributed by atoms with Crippen molar-refractivity contribution in [3.63, 3.8) is 0 Å². The summed E-state index contributed by atoms with van der Waals surface area (Å²) >= 11 is 7.78. The Morgan fingerprint density at radius 3 is 1.17 bits per heavy atom. The van der Waals surface area contributed by atoms with Crippen LogP contribution in [0.15, 0.2) is 42.2 Å². The Morgan fingerprint density at radius 1 is 0.543 bits per heavy atom. The fourth-order valence-electron chi connectivity index (χ4n) is 3.67. The van der Waals surface area contributed by atoms with Gasteiger partial charge in [0.25, 0.3) is 0 Å². The third kappa shape index (κ3) is 6.10. The summed E-state index contributed by atoms with van der Waals surface area (Å²) in [5.74, 6) is 3.85. The molecule has 0 spiro atoms. The Morgan fingerprint density at radius 2 is 0.857 bits per heavy atom. The molecular weight excluding hydrogens is 566 g/mol. The average Bonchev–Trinajstić information content (AvgIpc) is 2.98. The number of hydrogen-bond acceptors (Lipinski definition) is 0. The van der Waals surface area contributed by atoms with Crippen molar-refractivity contribution < 1.29 is 8.83 Å². The van der Waals surface area contributed by atoms with Gasteiger partial charge < -0.3 is 4.98 Å². The molecule has 1 N–H and O–H groups in total. The van der Waals surface area contributed by atoms with E-state index in [4.69, 9.17) is 8.83 Å². The summed E-state index contributed by atoms with van der Waals surface area (Å²) in [5, 5.41) is 0. The number of aromatic amines is 1. The number of rotatable bonds is 2. The van der Waals surface area contributed by atoms with Gasteiger partial charge in [0.1, 0.15) is 0 Å². The van der Waals surface area contributed by atoms with Crippen molar-refractivity contribution in [1.82, 2.24) is 4.98 Å². The smallest absolute Gasteiger partial charge is 0.335 e. The van der Waals surface area contributed by atoms with Crippen LogP contribution >= 0.6 is 31.9 Å². The Labute approximate surface area is 228 Å². The van der Waals surface area contributed by atoms with Crippen molar-refractivity contribution in [2.45, 2.75) is 105 Å². The number of hydrogen-bond donors (Lipinski definition) is 1. The molecule has 5 heteroatoms. The van der Waals surface area contributed by atoms with E-state index >= 15 is 0 Å². The molecule has 0 bridgehead atoms. The second kappa shape index (κ2) is 9.13. The Balaban J connectivity index is 2.30. The van der Waals surface area contributed by atoms with E-state index in [1.807, 2.05) is 0 Å². The third-order valence-electron chi connectivity index (χ3n) is 6.01. The van der Waals surface area contributed by atoms with Crippen LogP contribution in [0.5, 0.6) is 0 Å². The van der Waals surface area contributed by atoms with Crippen molar-refractivity contribution in [2.24, 2.45) is 0 Å². The van der Waals surface area contributed by atoms with Crippen LogP contribution in [-0.2, 0) is 21.7 Å². The van der Waals surface area contributed by atoms with Gasteiger partial charge in [0, 0.05) is 41.0 Å². The molecule has 0 aromatic carbocycles. The van der Waals surface area contributed by atoms with Gasteiger partial charge in [-0.2, -0.15) is 0 Å². The molecule has 0 aliphatic rings. The summed E-state index contributed by atoms with van der Waals surface area (Å²) in [6.07, 6.45) is 0. The van der Waals surface area contributed by atoms with Gasteiger partial charge in [0.05, 0.1) is 36.4 Å². The average molecular weight is 607 g/mol. The van der Waals surface area contributed by atoms with Crippen LogP contribution in [0.1, 0.15) is 106 Å². The van der Waals surface area contributed by atoms with Gasteiger partial charge in [0.2, 0.25) is 0 Å². The molecule has 0 atom stereocenters. The second-order valence-electron chi connectivity index (χ2n) is 13.7. The van der Waals surface area contributed by atoms with Gasteiger partial charge in [-0.3, -0.25) is 0 Å². The maximum atomic E-state index is 6.39. The predicted octanol–water partition coefficient (Wildman–Crippen LogP) is 10.8. The molecule has 3 rings (SSSR count). The van der Waals surface area contributed by atoms with E-state index in [2.05, 4.69) is 144 Å². The molecule has 0 saturated carbocycles. The van der Waals surface area contributed by atoms with E-state index in [-0.39, 0.29) is 21.7 Å². The van der Waals surface area contributed by atoms with E-state index in [1.165, 1.54) is 0 Å². The highest BCUT2D eigenvalue weighted by atomic mass is 79.9. The molecule has 35 heavy (non-hydrogen) atoms. The first kappa shape index (κ1) is 28.1. The van der Waals surface area contributed by atoms with Gasteiger partial charge in [-0.05, 0) is 115 Å². The summed E-state index contributed by atoms with van der Waals surface area (Å²) in [6.45, 7) is 26.2. The largest absolute Gasteiger partial charge is 0.348 e. The van der Waals surface area contributed by atoms with E-state index in [9.17, 15) is 0 Å². The fourth-order valence-corrected chi connectivity index (χ4v) is 5.32. The quantitative estimate of drug-likeness (QED) is 0.295. The molecule has 0 aliphatic heterocycles. The molecule has 3 aromatic heterocycles. The van der Waals surface area contributed by atoms with Crippen LogP contribution in [0.25, 0.3) is 22.4 Å². The van der Waals surface area contributed by atoms with Crippen LogP contribution in [-0.4, -0.2) is 4.98 Å². The van der Waals surface area contributed by atoms with Crippen LogP contribution in [0, 0.1) is 0 Å². The fraction of sp³-hybridized carbons (Fsp3) is 0.533. The second-order valence-corrected chi connectivity index (χ2v) is 15.2. The van der Waals surface area contributed by atoms with E-state index in [1.54, 1.807) is 0 Å². The number of halogens is 2. The first-order valence-electron chi connectivity index (χ1n) is 12.3. The first-order chi connectivity index (χ1) is 15.7. The molecule has 0 aliphatic carbocycles. The highest BCUT2D eigenvalue weighted by molar-refractivity contribution is 9.11. The minimum absolute atomic E-state index is 0.112. The topological polar surface area (TPSA) is 38.4 Å². The molecular formula is C30H41Br2NO2+2. The molecule has 3 aromatic rings. The summed E-state index contributed by atoms with van der Waals surface area (Å²) in [7, 11) is 0. The van der Waals surface area contributed by atoms with Crippen LogP contribution in [0.4, 0.5) is 0 Å². The van der Waals surface area contributed by atoms with Crippen molar-refractivity contribution >= 4 is 31.9 Å². The Kier molecular flexibility index (Phi) is 7.34. The Bertz CT molecular complexity index is 1180. The van der Waals surface area contributed by atoms with Gasteiger partial charge in [-0.25, -0.2) is 8.83 Å². The van der Waals surface area contributed by atoms with Crippen LogP contribution in [0.3, 0.4) is 0 Å². The monoisotopic (exact) mass is 605 g/mol. The minimum Gasteiger partial charge on any atom is -0.348 e. The lowest BCUT2D eigenvalue weighted by molar-refractivity contribution is 0.329. The van der Waals surface area contributed by atoms with Crippen molar-refractivity contribution in [3.05, 3.63) is 56.4 Å². The highest BCUT2D eigenvalue weighted by Crippen LogP contribution is 2.45. The number of H-pyrrole nitrogens is 1. The molecule has 0 radical (unpaired) electrons. The summed E-state index contributed by atoms with van der Waals surface area (Å²) < 4.78 is 14.7. The van der Waals surface area contributed by atoms with Gasteiger partial charge in [-0.15, -0.1) is 0 Å². The lowest BCUT2D eigenvalue weighted by atomic mass is 9.87. The SMILES string of the molecule is CC(C)(C)c1cc(-c2[nH]c(Br)c(-c3cc(C(C)(C)C)[o+]c(C(C)(C)C)c3)c2Br)cc(C(C)(C)C)[o+]1. The van der Waals surface area contributed by atoms with Crippen molar-refractivity contribution in [2.75, 3.05) is 0 Å². The number of aromatic nitrogens is 1. The lowest BCUT2D eigenvalue weighted by Crippen LogP contribution is -2.16. The zero-order valence-electron chi connectivity index (χ0n) is 23.4. The number of nitrogens with one attached hydrogen (secondary N) is 1. The first-order valence-corrected chi connectivity index (χ1v) is 13.8. The third-order valence-corrected chi connectivity index (χ3v) is 7.40. The minimum atomic E-state index is -0.113. The van der Waals surface area contributed by atoms with Gasteiger partial charge in [-0.1, -0.05) is 0 Å². The predicted molar refractivity (Wildman–Crippen MR) is 155 cm³/mol. The van der Waals surface area contributed by atoms with Crippen molar-refractivity contribution in [1.29, 1.82) is 0 Å². The van der Waals surface area contributed by atoms with Gasteiger partial charge in [0.15, 0.2) is 0 Å². The maximum Gasteiger partial charge on any atom is 0.335 e. The van der Waals surface area contributed by atoms with E-state index in [0.29, 0.717) is 0 Å². The summed E-state index contributed by atoms with van der Waals surface area (Å²) in [6, 6.07) is 8.64. The molecule has 3 nitrogen and oxygen atoms in total. The standard InChI is InChI=1S/C30H41Br2NO2/c1-27(2,3)19-13-17(14-20(34-19)28(4,5)6)23-24(31)25(33-26(23)32)18-15-21(29(7,8)9)35-22(16-18)30(10,11)12/h13-16,33H,1-12H3/q+2. The van der Waals surface area contributed by atoms with Crippen molar-refractivity contribution in [3.8, 4) is 22.4 Å². The van der Waals surface area contributed by atoms with Gasteiger partial charge >= 0.3 is 23.0 Å². The molecule has 190 valence electrons.